The lowest BCUT2D eigenvalue weighted by molar-refractivity contribution is 0.0697. The molecule has 1 aliphatic rings. The van der Waals surface area contributed by atoms with Gasteiger partial charge >= 0.3 is 0 Å². The van der Waals surface area contributed by atoms with Crippen molar-refractivity contribution in [2.45, 2.75) is 39.5 Å². The van der Waals surface area contributed by atoms with Gasteiger partial charge in [0.05, 0.1) is 17.4 Å². The number of hydrogen-bond acceptors (Lipinski definition) is 2. The molecule has 0 saturated heterocycles. The van der Waals surface area contributed by atoms with E-state index in [9.17, 15) is 4.79 Å². The van der Waals surface area contributed by atoms with Crippen LogP contribution in [0.25, 0.3) is 5.69 Å². The SMILES string of the molecule is CC1(C)CCCCC1C(=O)c1cnn(-c2ccccc2)c1. The molecule has 0 aliphatic heterocycles. The van der Waals surface area contributed by atoms with E-state index in [1.807, 2.05) is 36.5 Å². The summed E-state index contributed by atoms with van der Waals surface area (Å²) in [5, 5.41) is 4.35. The topological polar surface area (TPSA) is 34.9 Å². The average Bonchev–Trinajstić information content (AvgIpc) is 2.97. The van der Waals surface area contributed by atoms with Crippen LogP contribution >= 0.6 is 0 Å². The molecule has 0 spiro atoms. The molecule has 1 heterocycles. The smallest absolute Gasteiger partial charge is 0.169 e. The van der Waals surface area contributed by atoms with E-state index in [1.54, 1.807) is 10.9 Å². The molecule has 1 aromatic heterocycles. The number of aromatic nitrogens is 2. The molecule has 21 heavy (non-hydrogen) atoms. The molecule has 1 aromatic carbocycles. The molecule has 0 radical (unpaired) electrons. The van der Waals surface area contributed by atoms with E-state index in [1.165, 1.54) is 6.42 Å². The molecule has 1 fully saturated rings. The molecule has 1 atom stereocenters. The maximum atomic E-state index is 12.8. The molecule has 3 rings (SSSR count). The van der Waals surface area contributed by atoms with Crippen LogP contribution < -0.4 is 0 Å². The third-order valence-electron chi connectivity index (χ3n) is 4.71. The second-order valence-electron chi connectivity index (χ2n) is 6.66. The number of para-hydroxylation sites is 1. The number of Topliss-reactive ketones (excluding diaryl/α,β-unsaturated/α-hetero) is 1. The Morgan fingerprint density at radius 3 is 2.71 bits per heavy atom. The maximum Gasteiger partial charge on any atom is 0.169 e. The lowest BCUT2D eigenvalue weighted by atomic mass is 9.66. The second-order valence-corrected chi connectivity index (χ2v) is 6.66. The Labute approximate surface area is 126 Å². The molecule has 0 N–H and O–H groups in total. The zero-order valence-corrected chi connectivity index (χ0v) is 12.7. The van der Waals surface area contributed by atoms with Gasteiger partial charge in [-0.2, -0.15) is 5.10 Å². The van der Waals surface area contributed by atoms with Crippen molar-refractivity contribution in [2.75, 3.05) is 0 Å². The molecule has 2 aromatic rings. The molecule has 3 nitrogen and oxygen atoms in total. The van der Waals surface area contributed by atoms with Gasteiger partial charge in [0.15, 0.2) is 5.78 Å². The van der Waals surface area contributed by atoms with Gasteiger partial charge in [-0.1, -0.05) is 44.9 Å². The van der Waals surface area contributed by atoms with E-state index < -0.39 is 0 Å². The van der Waals surface area contributed by atoms with Crippen molar-refractivity contribution in [2.24, 2.45) is 11.3 Å². The monoisotopic (exact) mass is 282 g/mol. The quantitative estimate of drug-likeness (QED) is 0.788. The van der Waals surface area contributed by atoms with E-state index in [2.05, 4.69) is 18.9 Å². The fourth-order valence-corrected chi connectivity index (χ4v) is 3.35. The molecule has 0 amide bonds. The van der Waals surface area contributed by atoms with Crippen molar-refractivity contribution in [1.82, 2.24) is 9.78 Å². The summed E-state index contributed by atoms with van der Waals surface area (Å²) in [6.07, 6.45) is 8.10. The predicted molar refractivity (Wildman–Crippen MR) is 83.6 cm³/mol. The normalized spacial score (nSPS) is 21.1. The summed E-state index contributed by atoms with van der Waals surface area (Å²) >= 11 is 0. The lowest BCUT2D eigenvalue weighted by Gasteiger charge is -2.37. The molecular formula is C18H22N2O. The van der Waals surface area contributed by atoms with Crippen LogP contribution in [0.4, 0.5) is 0 Å². The Morgan fingerprint density at radius 2 is 2.00 bits per heavy atom. The van der Waals surface area contributed by atoms with Gasteiger partial charge in [0, 0.05) is 12.1 Å². The molecule has 0 bridgehead atoms. The summed E-state index contributed by atoms with van der Waals surface area (Å²) in [5.41, 5.74) is 1.82. The minimum Gasteiger partial charge on any atom is -0.294 e. The lowest BCUT2D eigenvalue weighted by Crippen LogP contribution is -2.33. The zero-order chi connectivity index (χ0) is 14.9. The summed E-state index contributed by atoms with van der Waals surface area (Å²) in [4.78, 5) is 12.8. The van der Waals surface area contributed by atoms with Crippen molar-refractivity contribution >= 4 is 5.78 Å². The first kappa shape index (κ1) is 14.1. The number of ketones is 1. The molecule has 1 unspecified atom stereocenters. The van der Waals surface area contributed by atoms with Gasteiger partial charge in [-0.25, -0.2) is 4.68 Å². The van der Waals surface area contributed by atoms with E-state index in [0.717, 1.165) is 30.5 Å². The van der Waals surface area contributed by atoms with E-state index >= 15 is 0 Å². The van der Waals surface area contributed by atoms with E-state index in [0.29, 0.717) is 0 Å². The van der Waals surface area contributed by atoms with Crippen molar-refractivity contribution in [1.29, 1.82) is 0 Å². The average molecular weight is 282 g/mol. The summed E-state index contributed by atoms with van der Waals surface area (Å²) in [6, 6.07) is 9.91. The number of nitrogens with zero attached hydrogens (tertiary/aromatic N) is 2. The van der Waals surface area contributed by atoms with Gasteiger partial charge in [0.2, 0.25) is 0 Å². The first-order valence-electron chi connectivity index (χ1n) is 7.72. The number of rotatable bonds is 3. The first-order chi connectivity index (χ1) is 10.1. The van der Waals surface area contributed by atoms with Crippen LogP contribution in [-0.2, 0) is 0 Å². The van der Waals surface area contributed by atoms with Crippen LogP contribution in [0.2, 0.25) is 0 Å². The predicted octanol–water partition coefficient (Wildman–Crippen LogP) is 4.27. The third kappa shape index (κ3) is 2.78. The van der Waals surface area contributed by atoms with Crippen LogP contribution in [0.5, 0.6) is 0 Å². The van der Waals surface area contributed by atoms with E-state index in [-0.39, 0.29) is 17.1 Å². The van der Waals surface area contributed by atoms with Gasteiger partial charge in [-0.15, -0.1) is 0 Å². The number of carbonyl (C=O) groups is 1. The molecule has 3 heteroatoms. The van der Waals surface area contributed by atoms with Gasteiger partial charge < -0.3 is 0 Å². The largest absolute Gasteiger partial charge is 0.294 e. The van der Waals surface area contributed by atoms with Crippen LogP contribution in [0.3, 0.4) is 0 Å². The van der Waals surface area contributed by atoms with Crippen molar-refractivity contribution in [3.63, 3.8) is 0 Å². The summed E-state index contributed by atoms with van der Waals surface area (Å²) in [6.45, 7) is 4.44. The van der Waals surface area contributed by atoms with Crippen molar-refractivity contribution in [3.05, 3.63) is 48.3 Å². The van der Waals surface area contributed by atoms with Gasteiger partial charge in [-0.3, -0.25) is 4.79 Å². The van der Waals surface area contributed by atoms with Gasteiger partial charge in [0.1, 0.15) is 0 Å². The first-order valence-corrected chi connectivity index (χ1v) is 7.72. The molecule has 1 aliphatic carbocycles. The Balaban J connectivity index is 1.84. The Hall–Kier alpha value is -1.90. The highest BCUT2D eigenvalue weighted by Gasteiger charge is 2.37. The standard InChI is InChI=1S/C18H22N2O/c1-18(2)11-7-6-10-16(18)17(21)14-12-19-20(13-14)15-8-4-3-5-9-15/h3-5,8-9,12-13,16H,6-7,10-11H2,1-2H3. The third-order valence-corrected chi connectivity index (χ3v) is 4.71. The van der Waals surface area contributed by atoms with Crippen LogP contribution in [0, 0.1) is 11.3 Å². The number of benzene rings is 1. The van der Waals surface area contributed by atoms with Crippen molar-refractivity contribution < 1.29 is 4.79 Å². The Kier molecular flexibility index (Phi) is 3.66. The zero-order valence-electron chi connectivity index (χ0n) is 12.7. The van der Waals surface area contributed by atoms with Crippen LogP contribution in [0.1, 0.15) is 49.9 Å². The van der Waals surface area contributed by atoms with Gasteiger partial charge in [0.25, 0.3) is 0 Å². The summed E-state index contributed by atoms with van der Waals surface area (Å²) in [5.74, 6) is 0.376. The fraction of sp³-hybridized carbons (Fsp3) is 0.444. The highest BCUT2D eigenvalue weighted by Crippen LogP contribution is 2.42. The van der Waals surface area contributed by atoms with Crippen LogP contribution in [-0.4, -0.2) is 15.6 Å². The Morgan fingerprint density at radius 1 is 1.24 bits per heavy atom. The summed E-state index contributed by atoms with van der Waals surface area (Å²) in [7, 11) is 0. The molecule has 1 saturated carbocycles. The maximum absolute atomic E-state index is 12.8. The van der Waals surface area contributed by atoms with Crippen LogP contribution in [0.15, 0.2) is 42.7 Å². The molecule has 110 valence electrons. The minimum absolute atomic E-state index is 0.101. The Bertz CT molecular complexity index is 628. The fourth-order valence-electron chi connectivity index (χ4n) is 3.35. The second kappa shape index (κ2) is 5.47. The highest BCUT2D eigenvalue weighted by molar-refractivity contribution is 5.98. The highest BCUT2D eigenvalue weighted by atomic mass is 16.1. The number of hydrogen-bond donors (Lipinski definition) is 0. The minimum atomic E-state index is 0.101. The molecular weight excluding hydrogens is 260 g/mol. The summed E-state index contributed by atoms with van der Waals surface area (Å²) < 4.78 is 1.78. The van der Waals surface area contributed by atoms with Gasteiger partial charge in [-0.05, 0) is 30.4 Å². The van der Waals surface area contributed by atoms with E-state index in [4.69, 9.17) is 0 Å². The van der Waals surface area contributed by atoms with Crippen molar-refractivity contribution in [3.8, 4) is 5.69 Å². The number of carbonyl (C=O) groups excluding carboxylic acids is 1.